The lowest BCUT2D eigenvalue weighted by Crippen LogP contribution is -2.01. The molecule has 2 aromatic heterocycles. The number of hydrogen-bond acceptors (Lipinski definition) is 3. The van der Waals surface area contributed by atoms with Gasteiger partial charge in [0.1, 0.15) is 0 Å². The molecule has 2 heterocycles. The predicted octanol–water partition coefficient (Wildman–Crippen LogP) is 4.34. The summed E-state index contributed by atoms with van der Waals surface area (Å²) in [5.74, 6) is -0.935. The van der Waals surface area contributed by atoms with Crippen molar-refractivity contribution in [2.45, 2.75) is 26.2 Å². The second kappa shape index (κ2) is 6.57. The van der Waals surface area contributed by atoms with Crippen molar-refractivity contribution in [1.82, 2.24) is 9.97 Å². The van der Waals surface area contributed by atoms with Crippen LogP contribution in [0.5, 0.6) is 0 Å². The molecule has 23 heavy (non-hydrogen) atoms. The molecule has 0 spiro atoms. The maximum absolute atomic E-state index is 11.7. The molecule has 0 saturated carbocycles. The van der Waals surface area contributed by atoms with Crippen molar-refractivity contribution < 1.29 is 9.90 Å². The van der Waals surface area contributed by atoms with Crippen LogP contribution in [0.15, 0.2) is 48.8 Å². The van der Waals surface area contributed by atoms with E-state index in [2.05, 4.69) is 16.9 Å². The largest absolute Gasteiger partial charge is 0.478 e. The van der Waals surface area contributed by atoms with Gasteiger partial charge in [-0.2, -0.15) is 0 Å². The number of unbranched alkanes of at least 4 members (excludes halogenated alkanes) is 1. The third-order valence-electron chi connectivity index (χ3n) is 3.88. The van der Waals surface area contributed by atoms with Crippen molar-refractivity contribution in [2.24, 2.45) is 0 Å². The lowest BCUT2D eigenvalue weighted by atomic mass is 10.0. The lowest BCUT2D eigenvalue weighted by molar-refractivity contribution is 0.0699. The summed E-state index contributed by atoms with van der Waals surface area (Å²) in [7, 11) is 0. The highest BCUT2D eigenvalue weighted by Gasteiger charge is 2.13. The number of nitrogens with zero attached hydrogens (tertiary/aromatic N) is 2. The quantitative estimate of drug-likeness (QED) is 0.761. The Hall–Kier alpha value is -2.75. The minimum Gasteiger partial charge on any atom is -0.478 e. The molecule has 4 heteroatoms. The third-order valence-corrected chi connectivity index (χ3v) is 3.88. The standard InChI is InChI=1S/C19H18N2O2/c1-2-3-5-13-7-8-17-15(10-13)16(19(22)23)11-18(21-17)14-6-4-9-20-12-14/h4,6-12H,2-3,5H2,1H3,(H,22,23). The zero-order chi connectivity index (χ0) is 16.2. The number of carboxylic acids is 1. The van der Waals surface area contributed by atoms with E-state index in [0.717, 1.165) is 30.4 Å². The maximum atomic E-state index is 11.7. The Bertz CT molecular complexity index is 845. The van der Waals surface area contributed by atoms with Crippen LogP contribution in [0.25, 0.3) is 22.2 Å². The molecule has 0 aliphatic rings. The Morgan fingerprint density at radius 1 is 1.22 bits per heavy atom. The smallest absolute Gasteiger partial charge is 0.336 e. The van der Waals surface area contributed by atoms with Crippen LogP contribution in [0, 0.1) is 0 Å². The average Bonchev–Trinajstić information content (AvgIpc) is 2.59. The van der Waals surface area contributed by atoms with Gasteiger partial charge in [-0.3, -0.25) is 4.98 Å². The summed E-state index contributed by atoms with van der Waals surface area (Å²) in [6.07, 6.45) is 6.53. The van der Waals surface area contributed by atoms with Gasteiger partial charge in [-0.1, -0.05) is 19.4 Å². The minimum atomic E-state index is -0.935. The topological polar surface area (TPSA) is 63.1 Å². The van der Waals surface area contributed by atoms with E-state index >= 15 is 0 Å². The first-order valence-corrected chi connectivity index (χ1v) is 7.76. The molecule has 0 radical (unpaired) electrons. The van der Waals surface area contributed by atoms with Crippen LogP contribution < -0.4 is 0 Å². The first-order valence-electron chi connectivity index (χ1n) is 7.76. The monoisotopic (exact) mass is 306 g/mol. The third kappa shape index (κ3) is 3.21. The highest BCUT2D eigenvalue weighted by Crippen LogP contribution is 2.26. The molecule has 0 atom stereocenters. The number of aromatic nitrogens is 2. The van der Waals surface area contributed by atoms with Gasteiger partial charge in [0.25, 0.3) is 0 Å². The molecular formula is C19H18N2O2. The van der Waals surface area contributed by atoms with Crippen LogP contribution >= 0.6 is 0 Å². The van der Waals surface area contributed by atoms with Crippen LogP contribution in [-0.4, -0.2) is 21.0 Å². The molecule has 0 unspecified atom stereocenters. The fourth-order valence-corrected chi connectivity index (χ4v) is 2.65. The van der Waals surface area contributed by atoms with E-state index in [9.17, 15) is 9.90 Å². The molecule has 0 amide bonds. The Kier molecular flexibility index (Phi) is 4.33. The van der Waals surface area contributed by atoms with Gasteiger partial charge < -0.3 is 5.11 Å². The van der Waals surface area contributed by atoms with Crippen LogP contribution in [-0.2, 0) is 6.42 Å². The number of carbonyl (C=O) groups is 1. The van der Waals surface area contributed by atoms with Crippen LogP contribution in [0.3, 0.4) is 0 Å². The van der Waals surface area contributed by atoms with Gasteiger partial charge in [-0.25, -0.2) is 9.78 Å². The second-order valence-corrected chi connectivity index (χ2v) is 5.56. The number of aryl methyl sites for hydroxylation is 1. The summed E-state index contributed by atoms with van der Waals surface area (Å²) in [6.45, 7) is 2.14. The molecule has 3 aromatic rings. The fraction of sp³-hybridized carbons (Fsp3) is 0.211. The Balaban J connectivity index is 2.15. The van der Waals surface area contributed by atoms with Gasteiger partial charge in [0.2, 0.25) is 0 Å². The van der Waals surface area contributed by atoms with E-state index in [1.54, 1.807) is 18.5 Å². The molecule has 4 nitrogen and oxygen atoms in total. The molecule has 116 valence electrons. The molecule has 0 bridgehead atoms. The molecular weight excluding hydrogens is 288 g/mol. The average molecular weight is 306 g/mol. The molecule has 0 aliphatic heterocycles. The van der Waals surface area contributed by atoms with Gasteiger partial charge in [0, 0.05) is 23.3 Å². The molecule has 1 N–H and O–H groups in total. The number of aromatic carboxylic acids is 1. The number of hydrogen-bond donors (Lipinski definition) is 1. The van der Waals surface area contributed by atoms with Gasteiger partial charge in [-0.15, -0.1) is 0 Å². The molecule has 1 aromatic carbocycles. The Labute approximate surface area is 134 Å². The molecule has 0 fully saturated rings. The number of carboxylic acid groups (broad SMARTS) is 1. The van der Waals surface area contributed by atoms with Crippen LogP contribution in [0.4, 0.5) is 0 Å². The molecule has 0 saturated heterocycles. The summed E-state index contributed by atoms with van der Waals surface area (Å²) in [5, 5.41) is 10.3. The lowest BCUT2D eigenvalue weighted by Gasteiger charge is -2.09. The van der Waals surface area contributed by atoms with E-state index < -0.39 is 5.97 Å². The zero-order valence-corrected chi connectivity index (χ0v) is 13.0. The van der Waals surface area contributed by atoms with Crippen molar-refractivity contribution in [3.05, 3.63) is 59.9 Å². The van der Waals surface area contributed by atoms with Crippen molar-refractivity contribution in [2.75, 3.05) is 0 Å². The van der Waals surface area contributed by atoms with E-state index in [1.165, 1.54) is 0 Å². The predicted molar refractivity (Wildman–Crippen MR) is 90.5 cm³/mol. The van der Waals surface area contributed by atoms with Gasteiger partial charge in [-0.05, 0) is 48.7 Å². The highest BCUT2D eigenvalue weighted by molar-refractivity contribution is 6.03. The SMILES string of the molecule is CCCCc1ccc2nc(-c3cccnc3)cc(C(=O)O)c2c1. The van der Waals surface area contributed by atoms with E-state index in [-0.39, 0.29) is 5.56 Å². The minimum absolute atomic E-state index is 0.284. The normalized spacial score (nSPS) is 10.8. The number of benzene rings is 1. The Morgan fingerprint density at radius 3 is 2.78 bits per heavy atom. The van der Waals surface area contributed by atoms with Gasteiger partial charge in [0.15, 0.2) is 0 Å². The number of pyridine rings is 2. The summed E-state index contributed by atoms with van der Waals surface area (Å²) >= 11 is 0. The number of rotatable bonds is 5. The summed E-state index contributed by atoms with van der Waals surface area (Å²) < 4.78 is 0. The fourth-order valence-electron chi connectivity index (χ4n) is 2.65. The van der Waals surface area contributed by atoms with Crippen LogP contribution in [0.1, 0.15) is 35.7 Å². The van der Waals surface area contributed by atoms with E-state index in [1.807, 2.05) is 30.3 Å². The van der Waals surface area contributed by atoms with Crippen molar-refractivity contribution in [3.8, 4) is 11.3 Å². The second-order valence-electron chi connectivity index (χ2n) is 5.56. The highest BCUT2D eigenvalue weighted by atomic mass is 16.4. The van der Waals surface area contributed by atoms with Gasteiger partial charge in [0.05, 0.1) is 16.8 Å². The maximum Gasteiger partial charge on any atom is 0.336 e. The Morgan fingerprint density at radius 2 is 2.09 bits per heavy atom. The van der Waals surface area contributed by atoms with E-state index in [4.69, 9.17) is 0 Å². The first-order chi connectivity index (χ1) is 11.2. The first kappa shape index (κ1) is 15.2. The van der Waals surface area contributed by atoms with Gasteiger partial charge >= 0.3 is 5.97 Å². The molecule has 3 rings (SSSR count). The summed E-state index contributed by atoms with van der Waals surface area (Å²) in [4.78, 5) is 20.4. The molecule has 0 aliphatic carbocycles. The van der Waals surface area contributed by atoms with Crippen LogP contribution in [0.2, 0.25) is 0 Å². The van der Waals surface area contributed by atoms with Crippen molar-refractivity contribution in [1.29, 1.82) is 0 Å². The number of fused-ring (bicyclic) bond motifs is 1. The van der Waals surface area contributed by atoms with Crippen molar-refractivity contribution >= 4 is 16.9 Å². The van der Waals surface area contributed by atoms with Crippen molar-refractivity contribution in [3.63, 3.8) is 0 Å². The zero-order valence-electron chi connectivity index (χ0n) is 13.0. The summed E-state index contributed by atoms with van der Waals surface area (Å²) in [6, 6.07) is 11.2. The van der Waals surface area contributed by atoms with E-state index in [0.29, 0.717) is 16.6 Å². The summed E-state index contributed by atoms with van der Waals surface area (Å²) in [5.41, 5.74) is 3.57.